The molecule has 2 aromatic rings. The van der Waals surface area contributed by atoms with E-state index in [0.29, 0.717) is 11.1 Å². The van der Waals surface area contributed by atoms with Crippen molar-refractivity contribution in [1.82, 2.24) is 10.2 Å². The number of carbonyl (C=O) groups is 4. The molecule has 35 heavy (non-hydrogen) atoms. The zero-order chi connectivity index (χ0) is 25.9. The Morgan fingerprint density at radius 1 is 1.11 bits per heavy atom. The van der Waals surface area contributed by atoms with Gasteiger partial charge in [0, 0.05) is 4.75 Å². The maximum absolute atomic E-state index is 12.3. The smallest absolute Gasteiger partial charge is 0.337 e. The Labute approximate surface area is 206 Å². The highest BCUT2D eigenvalue weighted by atomic mass is 32.2. The van der Waals surface area contributed by atoms with E-state index in [1.54, 1.807) is 38.1 Å². The van der Waals surface area contributed by atoms with E-state index in [-0.39, 0.29) is 11.7 Å². The van der Waals surface area contributed by atoms with E-state index < -0.39 is 46.0 Å². The molecule has 2 aliphatic rings. The first kappa shape index (κ1) is 26.0. The summed E-state index contributed by atoms with van der Waals surface area (Å²) >= 11 is 1.35. The van der Waals surface area contributed by atoms with Crippen LogP contribution in [0.2, 0.25) is 0 Å². The summed E-state index contributed by atoms with van der Waals surface area (Å²) in [6.07, 6.45) is 0. The van der Waals surface area contributed by atoms with Crippen LogP contribution in [0.3, 0.4) is 0 Å². The van der Waals surface area contributed by atoms with Gasteiger partial charge in [-0.1, -0.05) is 30.3 Å². The van der Waals surface area contributed by atoms with Crippen molar-refractivity contribution in [2.45, 2.75) is 42.1 Å². The van der Waals surface area contributed by atoms with Crippen molar-refractivity contribution in [1.29, 1.82) is 0 Å². The molecule has 2 fully saturated rings. The van der Waals surface area contributed by atoms with Gasteiger partial charge in [0.25, 0.3) is 0 Å². The standard InChI is InChI=1S/C16H19N3O5S.C8H8O2/c1-16(2)11(15(23)24)19-13(22)10(14(19)25-16)18-12(21)9(17)7-3-5-8(20)6-4-7;1-10-8(9)7-5-3-2-4-6-7/h3-6,9-11,14,20H,17H2,1-2H3,(H,18,21)(H,23,24);2-6H,1H3/t9?,10-,11+,14-;/m1./s1. The van der Waals surface area contributed by atoms with Crippen molar-refractivity contribution in [2.75, 3.05) is 7.11 Å². The Bertz CT molecular complexity index is 1110. The number of esters is 1. The van der Waals surface area contributed by atoms with Crippen molar-refractivity contribution in [3.63, 3.8) is 0 Å². The third-order valence-electron chi connectivity index (χ3n) is 5.70. The van der Waals surface area contributed by atoms with Crippen LogP contribution in [0, 0.1) is 0 Å². The molecule has 0 aromatic heterocycles. The van der Waals surface area contributed by atoms with Crippen LogP contribution in [0.1, 0.15) is 35.8 Å². The van der Waals surface area contributed by atoms with Crippen LogP contribution < -0.4 is 11.1 Å². The Hall–Kier alpha value is -3.57. The lowest BCUT2D eigenvalue weighted by atomic mass is 9.95. The number of hydrogen-bond donors (Lipinski definition) is 4. The van der Waals surface area contributed by atoms with E-state index in [9.17, 15) is 29.4 Å². The van der Waals surface area contributed by atoms with Crippen molar-refractivity contribution in [3.05, 3.63) is 65.7 Å². The van der Waals surface area contributed by atoms with Crippen molar-refractivity contribution >= 4 is 35.5 Å². The number of methoxy groups -OCH3 is 1. The maximum Gasteiger partial charge on any atom is 0.337 e. The average molecular weight is 502 g/mol. The maximum atomic E-state index is 12.3. The third-order valence-corrected chi connectivity index (χ3v) is 7.27. The summed E-state index contributed by atoms with van der Waals surface area (Å²) in [5, 5.41) is 20.9. The summed E-state index contributed by atoms with van der Waals surface area (Å²) in [6, 6.07) is 12.1. The number of carboxylic acid groups (broad SMARTS) is 1. The van der Waals surface area contributed by atoms with Crippen LogP contribution in [0.4, 0.5) is 0 Å². The average Bonchev–Trinajstić information content (AvgIpc) is 3.10. The van der Waals surface area contributed by atoms with Gasteiger partial charge < -0.3 is 30.9 Å². The number of thioether (sulfide) groups is 1. The van der Waals surface area contributed by atoms with Gasteiger partial charge in [-0.2, -0.15) is 0 Å². The molecule has 0 radical (unpaired) electrons. The molecule has 2 aliphatic heterocycles. The second-order valence-electron chi connectivity index (χ2n) is 8.51. The minimum atomic E-state index is -1.06. The van der Waals surface area contributed by atoms with Gasteiger partial charge in [-0.15, -0.1) is 11.8 Å². The molecule has 10 nitrogen and oxygen atoms in total. The second kappa shape index (κ2) is 10.4. The topological polar surface area (TPSA) is 159 Å². The van der Waals surface area contributed by atoms with Crippen molar-refractivity contribution in [3.8, 4) is 5.75 Å². The summed E-state index contributed by atoms with van der Waals surface area (Å²) < 4.78 is 3.85. The van der Waals surface area contributed by atoms with Gasteiger partial charge >= 0.3 is 11.9 Å². The number of aromatic hydroxyl groups is 1. The molecule has 1 unspecified atom stereocenters. The number of nitrogens with one attached hydrogen (secondary N) is 1. The molecule has 2 saturated heterocycles. The summed E-state index contributed by atoms with van der Waals surface area (Å²) in [5.41, 5.74) is 7.00. The number of benzene rings is 2. The van der Waals surface area contributed by atoms with Crippen molar-refractivity contribution in [2.24, 2.45) is 5.73 Å². The molecule has 2 amide bonds. The van der Waals surface area contributed by atoms with Crippen LogP contribution >= 0.6 is 11.8 Å². The molecule has 2 heterocycles. The minimum absolute atomic E-state index is 0.0606. The van der Waals surface area contributed by atoms with Crippen LogP contribution in [-0.4, -0.2) is 68.2 Å². The summed E-state index contributed by atoms with van der Waals surface area (Å²) in [5.74, 6) is -2.23. The van der Waals surface area contributed by atoms with Gasteiger partial charge in [0.2, 0.25) is 11.8 Å². The lowest BCUT2D eigenvalue weighted by Crippen LogP contribution is -2.71. The van der Waals surface area contributed by atoms with E-state index in [2.05, 4.69) is 10.1 Å². The highest BCUT2D eigenvalue weighted by molar-refractivity contribution is 8.01. The van der Waals surface area contributed by atoms with E-state index in [1.807, 2.05) is 6.07 Å². The molecule has 0 spiro atoms. The molecule has 186 valence electrons. The molecule has 0 aliphatic carbocycles. The van der Waals surface area contributed by atoms with Crippen molar-refractivity contribution < 1.29 is 34.1 Å². The monoisotopic (exact) mass is 501 g/mol. The van der Waals surface area contributed by atoms with Gasteiger partial charge in [0.05, 0.1) is 12.7 Å². The number of β-lactam (4-membered cyclic amide) rings is 1. The number of fused-ring (bicyclic) bond motifs is 1. The van der Waals surface area contributed by atoms with Gasteiger partial charge in [-0.05, 0) is 43.7 Å². The number of phenolic OH excluding ortho intramolecular Hbond substituents is 1. The first-order valence-electron chi connectivity index (χ1n) is 10.7. The second-order valence-corrected chi connectivity index (χ2v) is 10.3. The molecule has 4 rings (SSSR count). The number of ether oxygens (including phenoxy) is 1. The molecule has 0 bridgehead atoms. The number of nitrogens with two attached hydrogens (primary N) is 1. The number of hydrogen-bond acceptors (Lipinski definition) is 8. The number of phenols is 1. The predicted molar refractivity (Wildman–Crippen MR) is 128 cm³/mol. The summed E-state index contributed by atoms with van der Waals surface area (Å²) in [7, 11) is 1.37. The number of carboxylic acids is 1. The molecular weight excluding hydrogens is 474 g/mol. The highest BCUT2D eigenvalue weighted by Crippen LogP contribution is 2.50. The number of aliphatic carboxylic acids is 1. The Kier molecular flexibility index (Phi) is 7.71. The zero-order valence-electron chi connectivity index (χ0n) is 19.4. The number of rotatable bonds is 5. The predicted octanol–water partition coefficient (Wildman–Crippen LogP) is 1.50. The normalized spacial score (nSPS) is 22.6. The number of nitrogens with zero attached hydrogens (tertiary/aromatic N) is 1. The largest absolute Gasteiger partial charge is 0.508 e. The van der Waals surface area contributed by atoms with Gasteiger partial charge in [-0.25, -0.2) is 9.59 Å². The summed E-state index contributed by atoms with van der Waals surface area (Å²) in [4.78, 5) is 48.3. The molecule has 5 N–H and O–H groups in total. The first-order chi connectivity index (χ1) is 16.5. The molecular formula is C24H27N3O7S. The molecule has 2 aromatic carbocycles. The van der Waals surface area contributed by atoms with Crippen LogP contribution in [0.5, 0.6) is 5.75 Å². The highest BCUT2D eigenvalue weighted by Gasteiger charge is 2.64. The number of carbonyl (C=O) groups excluding carboxylic acids is 3. The third kappa shape index (κ3) is 5.41. The fourth-order valence-electron chi connectivity index (χ4n) is 3.91. The lowest BCUT2D eigenvalue weighted by Gasteiger charge is -2.43. The lowest BCUT2D eigenvalue weighted by molar-refractivity contribution is -0.161. The molecule has 4 atom stereocenters. The van der Waals surface area contributed by atoms with Crippen LogP contribution in [0.25, 0.3) is 0 Å². The fourth-order valence-corrected chi connectivity index (χ4v) is 5.54. The Balaban J connectivity index is 0.000000287. The summed E-state index contributed by atoms with van der Waals surface area (Å²) in [6.45, 7) is 3.53. The van der Waals surface area contributed by atoms with E-state index >= 15 is 0 Å². The SMILES string of the molecule is CC1(C)S[C@@H]2[C@H](NC(=O)C(N)c3ccc(O)cc3)C(=O)N2[C@H]1C(=O)O.COC(=O)c1ccccc1. The van der Waals surface area contributed by atoms with E-state index in [1.165, 1.54) is 48.0 Å². The zero-order valence-corrected chi connectivity index (χ0v) is 20.2. The van der Waals surface area contributed by atoms with Gasteiger partial charge in [0.1, 0.15) is 29.2 Å². The quantitative estimate of drug-likeness (QED) is 0.352. The Morgan fingerprint density at radius 2 is 1.71 bits per heavy atom. The van der Waals surface area contributed by atoms with Crippen LogP contribution in [-0.2, 0) is 19.1 Å². The molecule has 11 heteroatoms. The van der Waals surface area contributed by atoms with Crippen LogP contribution in [0.15, 0.2) is 54.6 Å². The fraction of sp³-hybridized carbons (Fsp3) is 0.333. The first-order valence-corrected chi connectivity index (χ1v) is 11.6. The van der Waals surface area contributed by atoms with E-state index in [0.717, 1.165) is 0 Å². The molecule has 0 saturated carbocycles. The number of amides is 2. The minimum Gasteiger partial charge on any atom is -0.508 e. The van der Waals surface area contributed by atoms with Gasteiger partial charge in [0.15, 0.2) is 0 Å². The van der Waals surface area contributed by atoms with Gasteiger partial charge in [-0.3, -0.25) is 9.59 Å². The van der Waals surface area contributed by atoms with E-state index in [4.69, 9.17) is 5.73 Å². The Morgan fingerprint density at radius 3 is 2.26 bits per heavy atom.